The van der Waals surface area contributed by atoms with Crippen molar-refractivity contribution in [3.05, 3.63) is 65.9 Å². The highest BCUT2D eigenvalue weighted by Crippen LogP contribution is 2.19. The van der Waals surface area contributed by atoms with Gasteiger partial charge in [0.15, 0.2) is 0 Å². The Morgan fingerprint density at radius 1 is 0.833 bits per heavy atom. The summed E-state index contributed by atoms with van der Waals surface area (Å²) in [7, 11) is 0. The first-order valence-electron chi connectivity index (χ1n) is 13.1. The van der Waals surface area contributed by atoms with Crippen molar-refractivity contribution in [2.75, 3.05) is 6.61 Å². The molecule has 0 aliphatic carbocycles. The highest BCUT2D eigenvalue weighted by molar-refractivity contribution is 5.94. The van der Waals surface area contributed by atoms with Crippen LogP contribution in [0.3, 0.4) is 0 Å². The van der Waals surface area contributed by atoms with E-state index in [1.54, 1.807) is 12.3 Å². The first-order chi connectivity index (χ1) is 20.0. The topological polar surface area (TPSA) is 250 Å². The van der Waals surface area contributed by atoms with Gasteiger partial charge in [-0.05, 0) is 35.7 Å². The molecule has 14 nitrogen and oxygen atoms in total. The quantitative estimate of drug-likeness (QED) is 0.104. The van der Waals surface area contributed by atoms with E-state index in [1.165, 1.54) is 24.3 Å². The predicted octanol–water partition coefficient (Wildman–Crippen LogP) is -1.22. The Hall–Kier alpha value is -4.95. The molecule has 0 bridgehead atoms. The van der Waals surface area contributed by atoms with Gasteiger partial charge in [-0.1, -0.05) is 30.3 Å². The van der Waals surface area contributed by atoms with Crippen molar-refractivity contribution in [2.24, 2.45) is 11.5 Å². The molecule has 2 aromatic carbocycles. The fourth-order valence-electron chi connectivity index (χ4n) is 4.24. The molecule has 42 heavy (non-hydrogen) atoms. The average Bonchev–Trinajstić information content (AvgIpc) is 3.37. The largest absolute Gasteiger partial charge is 0.508 e. The molecule has 4 atom stereocenters. The number of aromatic nitrogens is 1. The molecule has 3 aromatic rings. The number of H-pyrrole nitrogens is 1. The average molecular weight is 583 g/mol. The lowest BCUT2D eigenvalue weighted by molar-refractivity contribution is -0.142. The number of aromatic hydroxyl groups is 1. The van der Waals surface area contributed by atoms with Crippen molar-refractivity contribution in [1.82, 2.24) is 20.9 Å². The molecule has 0 fully saturated rings. The van der Waals surface area contributed by atoms with Crippen molar-refractivity contribution in [1.29, 1.82) is 0 Å². The van der Waals surface area contributed by atoms with Crippen LogP contribution in [0.2, 0.25) is 0 Å². The molecule has 1 heterocycles. The van der Waals surface area contributed by atoms with Gasteiger partial charge in [0.2, 0.25) is 23.6 Å². The van der Waals surface area contributed by atoms with Gasteiger partial charge in [-0.15, -0.1) is 0 Å². The number of hydrogen-bond donors (Lipinski definition) is 9. The summed E-state index contributed by atoms with van der Waals surface area (Å²) in [6.45, 7) is -0.841. The van der Waals surface area contributed by atoms with E-state index in [4.69, 9.17) is 11.5 Å². The van der Waals surface area contributed by atoms with Crippen molar-refractivity contribution in [3.63, 3.8) is 0 Å². The lowest BCUT2D eigenvalue weighted by atomic mass is 10.0. The number of carbonyl (C=O) groups is 5. The van der Waals surface area contributed by atoms with Gasteiger partial charge in [0.25, 0.3) is 0 Å². The summed E-state index contributed by atoms with van der Waals surface area (Å²) in [6.07, 6.45) is 1.25. The van der Waals surface area contributed by atoms with Crippen LogP contribution in [0.5, 0.6) is 5.75 Å². The summed E-state index contributed by atoms with van der Waals surface area (Å²) in [6, 6.07) is 7.71. The minimum Gasteiger partial charge on any atom is -0.508 e. The standard InChI is InChI=1S/C28H34N6O8/c29-19(9-10-24(30)37)25(38)34-23(14-35)27(40)32-21(11-15-5-7-17(36)8-6-15)26(39)33-22(28(41)42)12-16-13-31-20-4-2-1-3-18(16)20/h1-8,13,19,21-23,31,35-36H,9-12,14,29H2,(H2,30,37)(H,32,40)(H,33,39)(H,34,38)(H,41,42). The Labute approximate surface area is 240 Å². The Morgan fingerprint density at radius 3 is 2.10 bits per heavy atom. The number of carboxylic acid groups (broad SMARTS) is 1. The molecule has 0 saturated heterocycles. The molecule has 4 unspecified atom stereocenters. The summed E-state index contributed by atoms with van der Waals surface area (Å²) < 4.78 is 0. The van der Waals surface area contributed by atoms with Gasteiger partial charge in [0, 0.05) is 36.4 Å². The molecule has 1 aromatic heterocycles. The van der Waals surface area contributed by atoms with E-state index >= 15 is 0 Å². The first-order valence-corrected chi connectivity index (χ1v) is 13.1. The number of aliphatic carboxylic acids is 1. The maximum atomic E-state index is 13.4. The number of phenols is 1. The molecule has 4 amide bonds. The van der Waals surface area contributed by atoms with E-state index in [2.05, 4.69) is 20.9 Å². The van der Waals surface area contributed by atoms with Crippen molar-refractivity contribution in [2.45, 2.75) is 49.9 Å². The molecule has 0 aliphatic rings. The second-order valence-corrected chi connectivity index (χ2v) is 9.75. The lowest BCUT2D eigenvalue weighted by Crippen LogP contribution is -2.58. The molecule has 0 aliphatic heterocycles. The fourth-order valence-corrected chi connectivity index (χ4v) is 4.24. The highest BCUT2D eigenvalue weighted by atomic mass is 16.4. The van der Waals surface area contributed by atoms with Crippen molar-refractivity contribution in [3.8, 4) is 5.75 Å². The van der Waals surface area contributed by atoms with Gasteiger partial charge in [-0.25, -0.2) is 4.79 Å². The number of para-hydroxylation sites is 1. The number of carboxylic acids is 1. The smallest absolute Gasteiger partial charge is 0.326 e. The summed E-state index contributed by atoms with van der Waals surface area (Å²) in [4.78, 5) is 65.0. The summed E-state index contributed by atoms with van der Waals surface area (Å²) in [5, 5.41) is 37.2. The number of nitrogens with two attached hydrogens (primary N) is 2. The van der Waals surface area contributed by atoms with Crippen LogP contribution in [0, 0.1) is 0 Å². The van der Waals surface area contributed by atoms with Crippen LogP contribution in [-0.4, -0.2) is 80.7 Å². The molecule has 14 heteroatoms. The van der Waals surface area contributed by atoms with Crippen LogP contribution in [0.1, 0.15) is 24.0 Å². The van der Waals surface area contributed by atoms with Crippen LogP contribution in [-0.2, 0) is 36.8 Å². The number of aliphatic hydroxyl groups excluding tert-OH is 1. The van der Waals surface area contributed by atoms with Crippen LogP contribution < -0.4 is 27.4 Å². The van der Waals surface area contributed by atoms with E-state index < -0.39 is 60.4 Å². The maximum Gasteiger partial charge on any atom is 0.326 e. The molecule has 11 N–H and O–H groups in total. The van der Waals surface area contributed by atoms with Gasteiger partial charge in [0.05, 0.1) is 12.6 Å². The van der Waals surface area contributed by atoms with E-state index in [9.17, 15) is 39.3 Å². The zero-order chi connectivity index (χ0) is 30.8. The Morgan fingerprint density at radius 2 is 1.45 bits per heavy atom. The molecular weight excluding hydrogens is 548 g/mol. The molecule has 0 saturated carbocycles. The number of aromatic amines is 1. The summed E-state index contributed by atoms with van der Waals surface area (Å²) >= 11 is 0. The fraction of sp³-hybridized carbons (Fsp3) is 0.321. The van der Waals surface area contributed by atoms with Crippen LogP contribution in [0.15, 0.2) is 54.7 Å². The number of hydrogen-bond acceptors (Lipinski definition) is 8. The van der Waals surface area contributed by atoms with Crippen LogP contribution >= 0.6 is 0 Å². The van der Waals surface area contributed by atoms with Gasteiger partial charge in [-0.3, -0.25) is 19.2 Å². The minimum absolute atomic E-state index is 0.0239. The molecule has 0 spiro atoms. The Balaban J connectivity index is 1.77. The third-order valence-corrected chi connectivity index (χ3v) is 6.58. The second kappa shape index (κ2) is 14.6. The number of primary amides is 1. The van der Waals surface area contributed by atoms with Crippen molar-refractivity contribution >= 4 is 40.5 Å². The second-order valence-electron chi connectivity index (χ2n) is 9.75. The van der Waals surface area contributed by atoms with E-state index in [0.717, 1.165) is 10.9 Å². The number of fused-ring (bicyclic) bond motifs is 1. The number of carbonyl (C=O) groups excluding carboxylic acids is 4. The minimum atomic E-state index is -1.51. The van der Waals surface area contributed by atoms with E-state index in [-0.39, 0.29) is 31.4 Å². The lowest BCUT2D eigenvalue weighted by Gasteiger charge is -2.24. The number of nitrogens with one attached hydrogen (secondary N) is 4. The molecule has 224 valence electrons. The number of rotatable bonds is 15. The number of phenolic OH excluding ortho intramolecular Hbond substituents is 1. The zero-order valence-electron chi connectivity index (χ0n) is 22.6. The number of amides is 4. The van der Waals surface area contributed by atoms with Gasteiger partial charge in [0.1, 0.15) is 23.9 Å². The van der Waals surface area contributed by atoms with Gasteiger partial charge < -0.3 is 47.7 Å². The maximum absolute atomic E-state index is 13.4. The van der Waals surface area contributed by atoms with Gasteiger partial charge in [-0.2, -0.15) is 0 Å². The molecule has 3 rings (SSSR count). The monoisotopic (exact) mass is 582 g/mol. The van der Waals surface area contributed by atoms with Gasteiger partial charge >= 0.3 is 5.97 Å². The third kappa shape index (κ3) is 8.78. The van der Waals surface area contributed by atoms with E-state index in [1.807, 2.05) is 18.2 Å². The SMILES string of the molecule is NC(=O)CCC(N)C(=O)NC(CO)C(=O)NC(Cc1ccc(O)cc1)C(=O)NC(Cc1c[nH]c2ccccc12)C(=O)O. The Kier molecular flexibility index (Phi) is 11.0. The van der Waals surface area contributed by atoms with Crippen LogP contribution in [0.4, 0.5) is 0 Å². The summed E-state index contributed by atoms with van der Waals surface area (Å²) in [5.74, 6) is -4.57. The normalized spacial score (nSPS) is 13.9. The zero-order valence-corrected chi connectivity index (χ0v) is 22.6. The number of benzene rings is 2. The molecular formula is C28H34N6O8. The number of aliphatic hydroxyl groups is 1. The third-order valence-electron chi connectivity index (χ3n) is 6.58. The van der Waals surface area contributed by atoms with Crippen molar-refractivity contribution < 1.29 is 39.3 Å². The molecule has 0 radical (unpaired) electrons. The Bertz CT molecular complexity index is 1420. The first kappa shape index (κ1) is 31.6. The predicted molar refractivity (Wildman–Crippen MR) is 151 cm³/mol. The highest BCUT2D eigenvalue weighted by Gasteiger charge is 2.31. The summed E-state index contributed by atoms with van der Waals surface area (Å²) in [5.41, 5.74) is 12.8. The van der Waals surface area contributed by atoms with E-state index in [0.29, 0.717) is 11.1 Å². The van der Waals surface area contributed by atoms with Crippen LogP contribution in [0.25, 0.3) is 10.9 Å².